The molecule has 9 nitrogen and oxygen atoms in total. The molecule has 0 atom stereocenters. The molecule has 0 saturated heterocycles. The maximum atomic E-state index is 13.7. The van der Waals surface area contributed by atoms with Crippen molar-refractivity contribution in [3.63, 3.8) is 0 Å². The van der Waals surface area contributed by atoms with Gasteiger partial charge in [-0.3, -0.25) is 9.10 Å². The van der Waals surface area contributed by atoms with E-state index in [1.54, 1.807) is 42.5 Å². The molecule has 3 aromatic carbocycles. The molecule has 0 radical (unpaired) electrons. The third-order valence-electron chi connectivity index (χ3n) is 6.29. The van der Waals surface area contributed by atoms with E-state index in [1.807, 2.05) is 30.5 Å². The third-order valence-corrected chi connectivity index (χ3v) is 8.60. The molecule has 0 bridgehead atoms. The smallest absolute Gasteiger partial charge is 0.264 e. The molecule has 41 heavy (non-hydrogen) atoms. The summed E-state index contributed by atoms with van der Waals surface area (Å²) < 4.78 is 40.9. The zero-order valence-corrected chi connectivity index (χ0v) is 25.1. The summed E-state index contributed by atoms with van der Waals surface area (Å²) in [6.07, 6.45) is 1.49. The first-order valence-electron chi connectivity index (χ1n) is 12.3. The van der Waals surface area contributed by atoms with Gasteiger partial charge >= 0.3 is 0 Å². The number of ether oxygens (including phenoxy) is 2. The summed E-state index contributed by atoms with van der Waals surface area (Å²) in [5.74, 6) is 0.0239. The number of carbonyl (C=O) groups is 1. The van der Waals surface area contributed by atoms with Crippen LogP contribution in [-0.2, 0) is 14.8 Å². The number of hydrazone groups is 1. The van der Waals surface area contributed by atoms with E-state index < -0.39 is 22.5 Å². The number of sulfonamides is 1. The molecule has 1 amide bonds. The summed E-state index contributed by atoms with van der Waals surface area (Å²) >= 11 is 12.5. The number of nitrogens with one attached hydrogen (secondary N) is 1. The van der Waals surface area contributed by atoms with Crippen LogP contribution in [-0.4, -0.2) is 45.9 Å². The summed E-state index contributed by atoms with van der Waals surface area (Å²) in [5.41, 5.74) is 5.82. The Morgan fingerprint density at radius 2 is 1.73 bits per heavy atom. The van der Waals surface area contributed by atoms with Gasteiger partial charge in [0, 0.05) is 28.0 Å². The van der Waals surface area contributed by atoms with E-state index in [0.29, 0.717) is 15.8 Å². The van der Waals surface area contributed by atoms with Crippen molar-refractivity contribution >= 4 is 51.0 Å². The molecule has 0 aliphatic heterocycles. The van der Waals surface area contributed by atoms with Gasteiger partial charge < -0.3 is 14.0 Å². The largest absolute Gasteiger partial charge is 0.497 e. The van der Waals surface area contributed by atoms with E-state index in [1.165, 1.54) is 38.6 Å². The van der Waals surface area contributed by atoms with Gasteiger partial charge in [-0.15, -0.1) is 0 Å². The normalized spacial score (nSPS) is 11.5. The van der Waals surface area contributed by atoms with Crippen LogP contribution >= 0.6 is 23.2 Å². The number of amides is 1. The highest BCUT2D eigenvalue weighted by Gasteiger charge is 2.29. The van der Waals surface area contributed by atoms with Crippen molar-refractivity contribution < 1.29 is 22.7 Å². The molecule has 0 saturated carbocycles. The van der Waals surface area contributed by atoms with Gasteiger partial charge in [0.2, 0.25) is 0 Å². The van der Waals surface area contributed by atoms with Gasteiger partial charge in [0.1, 0.15) is 18.0 Å². The standard InChI is InChI=1S/C29H28Cl2N4O5S/c1-19-14-21(20(2)35(19)26-12-10-22(30)15-25(26)31)17-32-33-29(36)18-34(41(37,38)24-8-6-5-7-9-24)27-13-11-23(39-3)16-28(27)40-4/h5-17H,18H2,1-4H3,(H,33,36)/b32-17+. The molecule has 4 rings (SSSR count). The molecular formula is C29H28Cl2N4O5S. The lowest BCUT2D eigenvalue weighted by molar-refractivity contribution is -0.119. The average Bonchev–Trinajstić information content (AvgIpc) is 3.24. The van der Waals surface area contributed by atoms with Crippen molar-refractivity contribution in [2.75, 3.05) is 25.1 Å². The van der Waals surface area contributed by atoms with Crippen LogP contribution in [0.25, 0.3) is 5.69 Å². The molecule has 4 aromatic rings. The number of aryl methyl sites for hydroxylation is 1. The van der Waals surface area contributed by atoms with Gasteiger partial charge in [-0.05, 0) is 62.4 Å². The number of carbonyl (C=O) groups excluding carboxylic acids is 1. The Bertz CT molecular complexity index is 1710. The van der Waals surface area contributed by atoms with Gasteiger partial charge in [0.05, 0.1) is 41.7 Å². The predicted octanol–water partition coefficient (Wildman–Crippen LogP) is 5.76. The molecular weight excluding hydrogens is 587 g/mol. The number of hydrogen-bond donors (Lipinski definition) is 1. The predicted molar refractivity (Wildman–Crippen MR) is 162 cm³/mol. The minimum atomic E-state index is -4.15. The number of rotatable bonds is 10. The lowest BCUT2D eigenvalue weighted by Crippen LogP contribution is -2.39. The van der Waals surface area contributed by atoms with Crippen LogP contribution in [0.5, 0.6) is 11.5 Å². The number of nitrogens with zero attached hydrogens (tertiary/aromatic N) is 3. The van der Waals surface area contributed by atoms with Crippen LogP contribution in [0.15, 0.2) is 82.8 Å². The van der Waals surface area contributed by atoms with E-state index in [-0.39, 0.29) is 16.3 Å². The molecule has 1 aromatic heterocycles. The number of anilines is 1. The van der Waals surface area contributed by atoms with Crippen LogP contribution in [0.1, 0.15) is 17.0 Å². The average molecular weight is 616 g/mol. The van der Waals surface area contributed by atoms with Gasteiger partial charge in [-0.25, -0.2) is 13.8 Å². The topological polar surface area (TPSA) is 102 Å². The van der Waals surface area contributed by atoms with Crippen molar-refractivity contribution in [3.05, 3.63) is 99.8 Å². The van der Waals surface area contributed by atoms with Gasteiger partial charge in [-0.1, -0.05) is 41.4 Å². The SMILES string of the molecule is COc1ccc(N(CC(=O)N/N=C/c2cc(C)n(-c3ccc(Cl)cc3Cl)c2C)S(=O)(=O)c2ccccc2)c(OC)c1. The number of methoxy groups -OCH3 is 2. The van der Waals surface area contributed by atoms with Gasteiger partial charge in [-0.2, -0.15) is 5.10 Å². The minimum Gasteiger partial charge on any atom is -0.497 e. The molecule has 0 spiro atoms. The number of hydrogen-bond acceptors (Lipinski definition) is 6. The Labute approximate surface area is 249 Å². The Morgan fingerprint density at radius 3 is 2.39 bits per heavy atom. The molecule has 0 aliphatic carbocycles. The molecule has 1 N–H and O–H groups in total. The Kier molecular flexibility index (Phi) is 9.27. The van der Waals surface area contributed by atoms with E-state index >= 15 is 0 Å². The van der Waals surface area contributed by atoms with Crippen molar-refractivity contribution in [2.45, 2.75) is 18.7 Å². The van der Waals surface area contributed by atoms with E-state index in [9.17, 15) is 13.2 Å². The fourth-order valence-electron chi connectivity index (χ4n) is 4.30. The minimum absolute atomic E-state index is 0.0162. The van der Waals surface area contributed by atoms with Crippen molar-refractivity contribution in [1.29, 1.82) is 0 Å². The van der Waals surface area contributed by atoms with Crippen LogP contribution in [0, 0.1) is 13.8 Å². The van der Waals surface area contributed by atoms with Crippen molar-refractivity contribution in [3.8, 4) is 17.2 Å². The van der Waals surface area contributed by atoms with Crippen LogP contribution < -0.4 is 19.2 Å². The first kappa shape index (κ1) is 30.0. The third kappa shape index (κ3) is 6.51. The summed E-state index contributed by atoms with van der Waals surface area (Å²) in [6, 6.07) is 19.6. The van der Waals surface area contributed by atoms with E-state index in [2.05, 4.69) is 10.5 Å². The highest BCUT2D eigenvalue weighted by atomic mass is 35.5. The van der Waals surface area contributed by atoms with Crippen molar-refractivity contribution in [2.24, 2.45) is 5.10 Å². The summed E-state index contributed by atoms with van der Waals surface area (Å²) in [5, 5.41) is 5.11. The number of halogens is 2. The quantitative estimate of drug-likeness (QED) is 0.181. The summed E-state index contributed by atoms with van der Waals surface area (Å²) in [7, 11) is -1.26. The number of aromatic nitrogens is 1. The summed E-state index contributed by atoms with van der Waals surface area (Å²) in [6.45, 7) is 3.25. The second kappa shape index (κ2) is 12.7. The molecule has 214 valence electrons. The molecule has 0 aliphatic rings. The lowest BCUT2D eigenvalue weighted by atomic mass is 10.2. The Morgan fingerprint density at radius 1 is 1.00 bits per heavy atom. The molecule has 12 heteroatoms. The molecule has 1 heterocycles. The molecule has 0 unspecified atom stereocenters. The second-order valence-corrected chi connectivity index (χ2v) is 11.6. The fourth-order valence-corrected chi connectivity index (χ4v) is 6.25. The van der Waals surface area contributed by atoms with E-state index in [0.717, 1.165) is 26.9 Å². The fraction of sp³-hybridized carbons (Fsp3) is 0.172. The molecule has 0 fully saturated rings. The zero-order valence-electron chi connectivity index (χ0n) is 22.8. The monoisotopic (exact) mass is 614 g/mol. The summed E-state index contributed by atoms with van der Waals surface area (Å²) in [4.78, 5) is 13.1. The lowest BCUT2D eigenvalue weighted by Gasteiger charge is -2.25. The van der Waals surface area contributed by atoms with E-state index in [4.69, 9.17) is 32.7 Å². The maximum absolute atomic E-state index is 13.7. The highest BCUT2D eigenvalue weighted by molar-refractivity contribution is 7.92. The van der Waals surface area contributed by atoms with Crippen LogP contribution in [0.4, 0.5) is 5.69 Å². The Balaban J connectivity index is 1.60. The van der Waals surface area contributed by atoms with Crippen LogP contribution in [0.3, 0.4) is 0 Å². The Hall–Kier alpha value is -3.99. The highest BCUT2D eigenvalue weighted by Crippen LogP contribution is 2.35. The zero-order chi connectivity index (χ0) is 29.7. The number of benzene rings is 3. The van der Waals surface area contributed by atoms with Gasteiger partial charge in [0.25, 0.3) is 15.9 Å². The first-order valence-corrected chi connectivity index (χ1v) is 14.5. The van der Waals surface area contributed by atoms with Crippen LogP contribution in [0.2, 0.25) is 10.0 Å². The first-order chi connectivity index (χ1) is 19.6. The second-order valence-electron chi connectivity index (χ2n) is 8.91. The van der Waals surface area contributed by atoms with Gasteiger partial charge in [0.15, 0.2) is 0 Å². The maximum Gasteiger partial charge on any atom is 0.264 e. The van der Waals surface area contributed by atoms with Crippen molar-refractivity contribution in [1.82, 2.24) is 9.99 Å².